The number of aryl methyl sites for hydroxylation is 1. The Morgan fingerprint density at radius 1 is 1.30 bits per heavy atom. The molecule has 0 bridgehead atoms. The number of benzene rings is 1. The third-order valence-corrected chi connectivity index (χ3v) is 3.19. The third-order valence-electron chi connectivity index (χ3n) is 2.98. The maximum atomic E-state index is 12.5. The largest absolute Gasteiger partial charge is 0.433 e. The molecule has 1 heterocycles. The monoisotopic (exact) mass is 410 g/mol. The highest BCUT2D eigenvalue weighted by molar-refractivity contribution is 7.80. The number of rotatable bonds is 7. The van der Waals surface area contributed by atoms with Gasteiger partial charge in [-0.25, -0.2) is 4.68 Å². The Morgan fingerprint density at radius 2 is 2.04 bits per heavy atom. The topological polar surface area (TPSA) is 60.3 Å². The molecule has 2 aromatic rings. The van der Waals surface area contributed by atoms with Gasteiger partial charge in [-0.3, -0.25) is 0 Å². The minimum absolute atomic E-state index is 0.0497. The molecule has 6 nitrogen and oxygen atoms in total. The van der Waals surface area contributed by atoms with Gasteiger partial charge in [0.2, 0.25) is 0 Å². The SMILES string of the molecule is Cc1ccc(NC(=S)Nc2cnn(COCC(F)(F)F)c2)c(OC(F)F)c1. The Kier molecular flexibility index (Phi) is 6.91. The first-order valence-corrected chi connectivity index (χ1v) is 7.83. The number of aromatic nitrogens is 2. The van der Waals surface area contributed by atoms with E-state index in [0.717, 1.165) is 10.2 Å². The number of nitrogens with one attached hydrogen (secondary N) is 2. The molecule has 0 atom stereocenters. The van der Waals surface area contributed by atoms with Crippen LogP contribution in [0.5, 0.6) is 5.75 Å². The van der Waals surface area contributed by atoms with Crippen LogP contribution in [-0.4, -0.2) is 34.3 Å². The van der Waals surface area contributed by atoms with Crippen molar-refractivity contribution in [3.8, 4) is 5.75 Å². The van der Waals surface area contributed by atoms with Gasteiger partial charge in [-0.1, -0.05) is 6.07 Å². The van der Waals surface area contributed by atoms with Crippen LogP contribution < -0.4 is 15.4 Å². The summed E-state index contributed by atoms with van der Waals surface area (Å²) in [4.78, 5) is 0. The first kappa shape index (κ1) is 20.8. The lowest BCUT2D eigenvalue weighted by Crippen LogP contribution is -2.20. The van der Waals surface area contributed by atoms with Crippen molar-refractivity contribution in [2.75, 3.05) is 17.2 Å². The molecule has 1 aromatic heterocycles. The number of ether oxygens (including phenoxy) is 2. The summed E-state index contributed by atoms with van der Waals surface area (Å²) in [6, 6.07) is 4.63. The summed E-state index contributed by atoms with van der Waals surface area (Å²) in [5.41, 5.74) is 1.31. The molecule has 0 saturated heterocycles. The Hall–Kier alpha value is -2.47. The van der Waals surface area contributed by atoms with Gasteiger partial charge in [-0.15, -0.1) is 0 Å². The van der Waals surface area contributed by atoms with E-state index in [2.05, 4.69) is 25.2 Å². The Morgan fingerprint density at radius 3 is 2.70 bits per heavy atom. The van der Waals surface area contributed by atoms with E-state index in [4.69, 9.17) is 12.2 Å². The van der Waals surface area contributed by atoms with Crippen LogP contribution in [0.15, 0.2) is 30.6 Å². The molecule has 12 heteroatoms. The van der Waals surface area contributed by atoms with Crippen LogP contribution >= 0.6 is 12.2 Å². The van der Waals surface area contributed by atoms with Crippen LogP contribution in [-0.2, 0) is 11.5 Å². The number of hydrogen-bond donors (Lipinski definition) is 2. The molecule has 1 aromatic carbocycles. The summed E-state index contributed by atoms with van der Waals surface area (Å²) in [5, 5.41) is 9.30. The van der Waals surface area contributed by atoms with E-state index in [9.17, 15) is 22.0 Å². The van der Waals surface area contributed by atoms with Crippen LogP contribution in [0.25, 0.3) is 0 Å². The molecule has 0 aliphatic rings. The fraction of sp³-hybridized carbons (Fsp3) is 0.333. The molecule has 0 saturated carbocycles. The molecule has 0 spiro atoms. The van der Waals surface area contributed by atoms with Gasteiger partial charge in [0.25, 0.3) is 0 Å². The van der Waals surface area contributed by atoms with Gasteiger partial charge in [0.15, 0.2) is 5.11 Å². The number of hydrogen-bond acceptors (Lipinski definition) is 4. The van der Waals surface area contributed by atoms with E-state index in [1.807, 2.05) is 0 Å². The predicted octanol–water partition coefficient (Wildman–Crippen LogP) is 4.14. The van der Waals surface area contributed by atoms with Crippen molar-refractivity contribution >= 4 is 28.7 Å². The van der Waals surface area contributed by atoms with E-state index in [-0.39, 0.29) is 16.5 Å². The van der Waals surface area contributed by atoms with Crippen molar-refractivity contribution in [1.82, 2.24) is 9.78 Å². The lowest BCUT2D eigenvalue weighted by atomic mass is 10.2. The Bertz CT molecular complexity index is 782. The molecule has 0 amide bonds. The number of thiocarbonyl (C=S) groups is 1. The van der Waals surface area contributed by atoms with Crippen LogP contribution in [0.1, 0.15) is 5.56 Å². The van der Waals surface area contributed by atoms with E-state index in [1.54, 1.807) is 13.0 Å². The number of alkyl halides is 5. The number of anilines is 2. The molecule has 2 N–H and O–H groups in total. The molecular weight excluding hydrogens is 395 g/mol. The molecular formula is C15H15F5N4O2S. The van der Waals surface area contributed by atoms with Crippen LogP contribution in [0.2, 0.25) is 0 Å². The minimum atomic E-state index is -4.42. The van der Waals surface area contributed by atoms with Gasteiger partial charge in [0.05, 0.1) is 23.8 Å². The zero-order valence-electron chi connectivity index (χ0n) is 13.9. The maximum absolute atomic E-state index is 12.5. The molecule has 148 valence electrons. The van der Waals surface area contributed by atoms with Gasteiger partial charge < -0.3 is 20.1 Å². The quantitative estimate of drug-likeness (QED) is 0.529. The average molecular weight is 410 g/mol. The normalized spacial score (nSPS) is 11.5. The number of nitrogens with zero attached hydrogens (tertiary/aromatic N) is 2. The van der Waals surface area contributed by atoms with E-state index in [0.29, 0.717) is 5.69 Å². The standard InChI is InChI=1S/C15H15F5N4O2S/c1-9-2-3-11(12(4-9)26-13(16)17)23-14(27)22-10-5-21-24(6-10)8-25-7-15(18,19)20/h2-6,13H,7-8H2,1H3,(H2,22,23,27). The van der Waals surface area contributed by atoms with Crippen molar-refractivity contribution in [3.05, 3.63) is 36.2 Å². The van der Waals surface area contributed by atoms with Crippen molar-refractivity contribution in [2.24, 2.45) is 0 Å². The molecule has 0 aliphatic carbocycles. The van der Waals surface area contributed by atoms with E-state index >= 15 is 0 Å². The molecule has 27 heavy (non-hydrogen) atoms. The minimum Gasteiger partial charge on any atom is -0.433 e. The Balaban J connectivity index is 1.93. The van der Waals surface area contributed by atoms with E-state index in [1.165, 1.54) is 24.5 Å². The van der Waals surface area contributed by atoms with Gasteiger partial charge >= 0.3 is 12.8 Å². The summed E-state index contributed by atoms with van der Waals surface area (Å²) in [5.74, 6) is -0.0783. The molecule has 2 rings (SSSR count). The Labute approximate surface area is 156 Å². The smallest absolute Gasteiger partial charge is 0.411 e. The zero-order valence-corrected chi connectivity index (χ0v) is 14.7. The van der Waals surface area contributed by atoms with Crippen LogP contribution in [0.3, 0.4) is 0 Å². The van der Waals surface area contributed by atoms with Gasteiger partial charge in [0.1, 0.15) is 19.1 Å². The molecule has 0 radical (unpaired) electrons. The van der Waals surface area contributed by atoms with Crippen molar-refractivity contribution in [3.63, 3.8) is 0 Å². The first-order valence-electron chi connectivity index (χ1n) is 7.43. The third kappa shape index (κ3) is 7.35. The maximum Gasteiger partial charge on any atom is 0.411 e. The lowest BCUT2D eigenvalue weighted by Gasteiger charge is -2.14. The van der Waals surface area contributed by atoms with Crippen molar-refractivity contribution < 1.29 is 31.4 Å². The summed E-state index contributed by atoms with van der Waals surface area (Å²) >= 11 is 5.09. The lowest BCUT2D eigenvalue weighted by molar-refractivity contribution is -0.182. The van der Waals surface area contributed by atoms with E-state index < -0.39 is 26.1 Å². The second-order valence-electron chi connectivity index (χ2n) is 5.32. The highest BCUT2D eigenvalue weighted by Gasteiger charge is 2.27. The van der Waals surface area contributed by atoms with Gasteiger partial charge in [0, 0.05) is 0 Å². The first-order chi connectivity index (χ1) is 12.6. The molecule has 0 aliphatic heterocycles. The summed E-state index contributed by atoms with van der Waals surface area (Å²) in [6.07, 6.45) is -1.74. The summed E-state index contributed by atoms with van der Waals surface area (Å²) < 4.78 is 71.1. The zero-order chi connectivity index (χ0) is 20.0. The predicted molar refractivity (Wildman–Crippen MR) is 91.9 cm³/mol. The van der Waals surface area contributed by atoms with Crippen molar-refractivity contribution in [2.45, 2.75) is 26.4 Å². The fourth-order valence-electron chi connectivity index (χ4n) is 1.96. The molecule has 0 unspecified atom stereocenters. The summed E-state index contributed by atoms with van der Waals surface area (Å²) in [6.45, 7) is -3.07. The highest BCUT2D eigenvalue weighted by Crippen LogP contribution is 2.27. The van der Waals surface area contributed by atoms with Gasteiger partial charge in [-0.2, -0.15) is 27.1 Å². The number of halogens is 5. The average Bonchev–Trinajstić information content (AvgIpc) is 2.95. The highest BCUT2D eigenvalue weighted by atomic mass is 32.1. The fourth-order valence-corrected chi connectivity index (χ4v) is 2.19. The van der Waals surface area contributed by atoms with Crippen LogP contribution in [0, 0.1) is 6.92 Å². The summed E-state index contributed by atoms with van der Waals surface area (Å²) in [7, 11) is 0. The second-order valence-corrected chi connectivity index (χ2v) is 5.73. The molecule has 0 fully saturated rings. The second kappa shape index (κ2) is 8.95. The van der Waals surface area contributed by atoms with Crippen LogP contribution in [0.4, 0.5) is 33.3 Å². The van der Waals surface area contributed by atoms with Crippen molar-refractivity contribution in [1.29, 1.82) is 0 Å². The van der Waals surface area contributed by atoms with Gasteiger partial charge in [-0.05, 0) is 36.8 Å².